The van der Waals surface area contributed by atoms with Crippen LogP contribution in [-0.4, -0.2) is 71.0 Å². The van der Waals surface area contributed by atoms with E-state index in [1.54, 1.807) is 12.4 Å². The molecule has 3 aromatic rings. The fourth-order valence-corrected chi connectivity index (χ4v) is 4.25. The van der Waals surface area contributed by atoms with Gasteiger partial charge in [-0.25, -0.2) is 4.79 Å². The standard InChI is InChI=1S/C28H34N4O4/c1-28(2,3)36-27(34)32-17-22-25(23(33)18-32)21(15-19-9-7-6-8-10-19)26(30-22)20-11-12-29-16-24(20)35-14-13-31(4)5/h6-12,16,30H,13-15,17-18H2,1-5H3. The molecule has 1 aliphatic rings. The summed E-state index contributed by atoms with van der Waals surface area (Å²) < 4.78 is 11.6. The number of ether oxygens (including phenoxy) is 2. The first kappa shape index (κ1) is 25.4. The van der Waals surface area contributed by atoms with Gasteiger partial charge < -0.3 is 19.4 Å². The van der Waals surface area contributed by atoms with Gasteiger partial charge in [-0.1, -0.05) is 30.3 Å². The smallest absolute Gasteiger partial charge is 0.411 e. The maximum absolute atomic E-state index is 13.4. The summed E-state index contributed by atoms with van der Waals surface area (Å²) in [6.45, 7) is 6.95. The second-order valence-corrected chi connectivity index (χ2v) is 10.3. The van der Waals surface area contributed by atoms with Crippen molar-refractivity contribution in [1.29, 1.82) is 0 Å². The van der Waals surface area contributed by atoms with Gasteiger partial charge in [0, 0.05) is 36.0 Å². The molecular weight excluding hydrogens is 456 g/mol. The second-order valence-electron chi connectivity index (χ2n) is 10.3. The first-order valence-corrected chi connectivity index (χ1v) is 12.1. The Morgan fingerprint density at radius 1 is 1.14 bits per heavy atom. The zero-order valence-corrected chi connectivity index (χ0v) is 21.6. The fourth-order valence-electron chi connectivity index (χ4n) is 4.25. The molecule has 36 heavy (non-hydrogen) atoms. The van der Waals surface area contributed by atoms with Crippen LogP contribution in [0.4, 0.5) is 4.79 Å². The minimum atomic E-state index is -0.643. The van der Waals surface area contributed by atoms with Crippen molar-refractivity contribution in [3.8, 4) is 17.0 Å². The second kappa shape index (κ2) is 10.5. The normalized spacial score (nSPS) is 13.6. The molecule has 1 N–H and O–H groups in total. The first-order chi connectivity index (χ1) is 17.1. The average molecular weight is 491 g/mol. The highest BCUT2D eigenvalue weighted by molar-refractivity contribution is 6.04. The lowest BCUT2D eigenvalue weighted by Gasteiger charge is -2.29. The molecular formula is C28H34N4O4. The Labute approximate surface area is 212 Å². The number of carbonyl (C=O) groups excluding carboxylic acids is 2. The van der Waals surface area contributed by atoms with Crippen molar-refractivity contribution in [3.05, 3.63) is 71.2 Å². The van der Waals surface area contributed by atoms with E-state index < -0.39 is 11.7 Å². The van der Waals surface area contributed by atoms with Crippen LogP contribution in [0.1, 0.15) is 48.0 Å². The quantitative estimate of drug-likeness (QED) is 0.523. The molecule has 1 amide bonds. The minimum absolute atomic E-state index is 0.0243. The van der Waals surface area contributed by atoms with Crippen LogP contribution in [0.15, 0.2) is 48.8 Å². The van der Waals surface area contributed by atoms with Gasteiger partial charge in [0.05, 0.1) is 25.0 Å². The number of pyridine rings is 1. The van der Waals surface area contributed by atoms with Crippen molar-refractivity contribution < 1.29 is 19.1 Å². The third-order valence-corrected chi connectivity index (χ3v) is 5.87. The lowest BCUT2D eigenvalue weighted by Crippen LogP contribution is -2.42. The van der Waals surface area contributed by atoms with Gasteiger partial charge in [0.1, 0.15) is 18.0 Å². The Kier molecular flexibility index (Phi) is 7.45. The lowest BCUT2D eigenvalue weighted by atomic mass is 9.93. The number of carbonyl (C=O) groups is 2. The molecule has 0 fully saturated rings. The summed E-state index contributed by atoms with van der Waals surface area (Å²) >= 11 is 0. The summed E-state index contributed by atoms with van der Waals surface area (Å²) in [6, 6.07) is 11.9. The molecule has 2 aromatic heterocycles. The van der Waals surface area contributed by atoms with Crippen molar-refractivity contribution in [2.45, 2.75) is 39.3 Å². The summed E-state index contributed by atoms with van der Waals surface area (Å²) in [7, 11) is 3.99. The van der Waals surface area contributed by atoms with E-state index in [0.29, 0.717) is 30.0 Å². The van der Waals surface area contributed by atoms with Crippen LogP contribution >= 0.6 is 0 Å². The van der Waals surface area contributed by atoms with Gasteiger partial charge in [0.2, 0.25) is 0 Å². The predicted molar refractivity (Wildman–Crippen MR) is 138 cm³/mol. The van der Waals surface area contributed by atoms with Crippen LogP contribution in [0.5, 0.6) is 5.75 Å². The van der Waals surface area contributed by atoms with Gasteiger partial charge in [-0.05, 0) is 52.1 Å². The highest BCUT2D eigenvalue weighted by Crippen LogP contribution is 2.37. The molecule has 0 spiro atoms. The van der Waals surface area contributed by atoms with E-state index in [1.165, 1.54) is 4.90 Å². The van der Waals surface area contributed by atoms with Crippen LogP contribution in [0.25, 0.3) is 11.3 Å². The number of aromatic nitrogens is 2. The molecule has 0 unspecified atom stereocenters. The number of fused-ring (bicyclic) bond motifs is 1. The molecule has 0 radical (unpaired) electrons. The number of hydrogen-bond donors (Lipinski definition) is 1. The lowest BCUT2D eigenvalue weighted by molar-refractivity contribution is 0.0218. The molecule has 0 saturated heterocycles. The van der Waals surface area contributed by atoms with Crippen molar-refractivity contribution in [3.63, 3.8) is 0 Å². The summed E-state index contributed by atoms with van der Waals surface area (Å²) in [5, 5.41) is 0. The summed E-state index contributed by atoms with van der Waals surface area (Å²) in [4.78, 5) is 37.4. The summed E-state index contributed by atoms with van der Waals surface area (Å²) in [5.74, 6) is 0.531. The number of amides is 1. The topological polar surface area (TPSA) is 87.8 Å². The molecule has 1 aliphatic heterocycles. The van der Waals surface area contributed by atoms with Gasteiger partial charge >= 0.3 is 6.09 Å². The predicted octanol–water partition coefficient (Wildman–Crippen LogP) is 4.54. The third kappa shape index (κ3) is 5.94. The van der Waals surface area contributed by atoms with E-state index in [9.17, 15) is 9.59 Å². The van der Waals surface area contributed by atoms with E-state index in [1.807, 2.05) is 76.2 Å². The molecule has 0 saturated carbocycles. The molecule has 0 atom stereocenters. The Bertz CT molecular complexity index is 1230. The number of ketones is 1. The monoisotopic (exact) mass is 490 g/mol. The van der Waals surface area contributed by atoms with Crippen molar-refractivity contribution >= 4 is 11.9 Å². The molecule has 0 bridgehead atoms. The maximum atomic E-state index is 13.4. The van der Waals surface area contributed by atoms with Crippen LogP contribution < -0.4 is 4.74 Å². The maximum Gasteiger partial charge on any atom is 0.411 e. The Hall–Kier alpha value is -3.65. The van der Waals surface area contributed by atoms with Crippen LogP contribution in [0.3, 0.4) is 0 Å². The average Bonchev–Trinajstić information content (AvgIpc) is 3.17. The number of likely N-dealkylation sites (N-methyl/N-ethyl adjacent to an activating group) is 1. The Morgan fingerprint density at radius 3 is 2.58 bits per heavy atom. The molecule has 1 aromatic carbocycles. The molecule has 3 heterocycles. The van der Waals surface area contributed by atoms with Crippen molar-refractivity contribution in [2.75, 3.05) is 33.8 Å². The zero-order valence-electron chi connectivity index (χ0n) is 21.6. The number of nitrogens with one attached hydrogen (secondary N) is 1. The Balaban J connectivity index is 1.75. The van der Waals surface area contributed by atoms with Gasteiger partial charge in [-0.2, -0.15) is 0 Å². The Morgan fingerprint density at radius 2 is 1.89 bits per heavy atom. The number of H-pyrrole nitrogens is 1. The molecule has 0 aliphatic carbocycles. The first-order valence-electron chi connectivity index (χ1n) is 12.1. The van der Waals surface area contributed by atoms with Crippen LogP contribution in [-0.2, 0) is 17.7 Å². The van der Waals surface area contributed by atoms with E-state index in [-0.39, 0.29) is 18.9 Å². The third-order valence-electron chi connectivity index (χ3n) is 5.87. The van der Waals surface area contributed by atoms with Gasteiger partial charge in [0.15, 0.2) is 5.78 Å². The van der Waals surface area contributed by atoms with E-state index in [4.69, 9.17) is 9.47 Å². The minimum Gasteiger partial charge on any atom is -0.490 e. The molecule has 190 valence electrons. The zero-order chi connectivity index (χ0) is 25.9. The number of Topliss-reactive ketones (excluding diaryl/α,β-unsaturated/α-hetero) is 1. The van der Waals surface area contributed by atoms with E-state index in [0.717, 1.165) is 28.9 Å². The van der Waals surface area contributed by atoms with Gasteiger partial charge in [-0.15, -0.1) is 0 Å². The fraction of sp³-hybridized carbons (Fsp3) is 0.393. The largest absolute Gasteiger partial charge is 0.490 e. The van der Waals surface area contributed by atoms with Crippen molar-refractivity contribution in [1.82, 2.24) is 19.8 Å². The van der Waals surface area contributed by atoms with E-state index >= 15 is 0 Å². The number of hydrogen-bond acceptors (Lipinski definition) is 6. The number of rotatable bonds is 7. The summed E-state index contributed by atoms with van der Waals surface area (Å²) in [5.41, 5.74) is 4.33. The highest BCUT2D eigenvalue weighted by atomic mass is 16.6. The molecule has 8 nitrogen and oxygen atoms in total. The van der Waals surface area contributed by atoms with Gasteiger partial charge in [0.25, 0.3) is 0 Å². The van der Waals surface area contributed by atoms with Crippen molar-refractivity contribution in [2.24, 2.45) is 0 Å². The highest BCUT2D eigenvalue weighted by Gasteiger charge is 2.34. The number of aromatic amines is 1. The van der Waals surface area contributed by atoms with Crippen LogP contribution in [0, 0.1) is 0 Å². The molecule has 8 heteroatoms. The summed E-state index contributed by atoms with van der Waals surface area (Å²) in [6.07, 6.45) is 3.49. The number of benzene rings is 1. The van der Waals surface area contributed by atoms with Gasteiger partial charge in [-0.3, -0.25) is 14.7 Å². The van der Waals surface area contributed by atoms with E-state index in [2.05, 4.69) is 9.97 Å². The SMILES string of the molecule is CN(C)CCOc1cnccc1-c1[nH]c2c(c1Cc1ccccc1)C(=O)CN(C(=O)OC(C)(C)C)C2. The molecule has 4 rings (SSSR count). The number of nitrogens with zero attached hydrogens (tertiary/aromatic N) is 3. The van der Waals surface area contributed by atoms with Crippen LogP contribution in [0.2, 0.25) is 0 Å².